The molecule has 0 aromatic heterocycles. The summed E-state index contributed by atoms with van der Waals surface area (Å²) in [5.74, 6) is 2.43. The van der Waals surface area contributed by atoms with E-state index >= 15 is 0 Å². The van der Waals surface area contributed by atoms with Gasteiger partial charge in [-0.1, -0.05) is 35.9 Å². The zero-order valence-electron chi connectivity index (χ0n) is 6.52. The van der Waals surface area contributed by atoms with Crippen LogP contribution in [-0.2, 0) is 9.53 Å². The Bertz CT molecular complexity index is 172. The molecule has 0 N–H and O–H groups in total. The van der Waals surface area contributed by atoms with Crippen LogP contribution in [-0.4, -0.2) is 40.0 Å². The zero-order valence-corrected chi connectivity index (χ0v) is 8.68. The molecule has 0 saturated heterocycles. The average molecular weight is 290 g/mol. The van der Waals surface area contributed by atoms with Crippen LogP contribution < -0.4 is 0 Å². The summed E-state index contributed by atoms with van der Waals surface area (Å²) in [6.07, 6.45) is 4.70. The minimum atomic E-state index is -0.218. The molecule has 0 heterocycles. The second-order valence-electron chi connectivity index (χ2n) is 1.99. The fourth-order valence-electron chi connectivity index (χ4n) is 0.492. The van der Waals surface area contributed by atoms with Gasteiger partial charge in [0, 0.05) is 6.42 Å². The predicted molar refractivity (Wildman–Crippen MR) is 59.4 cm³/mol. The number of hydrogen-bond donors (Lipinski definition) is 0. The quantitative estimate of drug-likeness (QED) is 0.259. The number of ether oxygens (including phenoxy) is 1. The fraction of sp³-hybridized carbons (Fsp3) is 0.625. The molecule has 2 nitrogen and oxygen atoms in total. The third-order valence-electron chi connectivity index (χ3n) is 1.04. The van der Waals surface area contributed by atoms with Crippen LogP contribution in [0.4, 0.5) is 0 Å². The number of carbonyl (C=O) groups excluding carboxylic acids is 1. The average Bonchev–Trinajstić information content (AvgIpc) is 2.01. The molecular formula is C8H12INaO2. The first-order valence-corrected chi connectivity index (χ1v) is 5.07. The van der Waals surface area contributed by atoms with E-state index in [2.05, 4.69) is 39.4 Å². The molecule has 0 atom stereocenters. The molecule has 0 radical (unpaired) electrons. The number of rotatable bonds is 3. The van der Waals surface area contributed by atoms with Gasteiger partial charge in [0.1, 0.15) is 6.11 Å². The van der Waals surface area contributed by atoms with Crippen LogP contribution >= 0.6 is 22.6 Å². The number of alkyl halides is 1. The van der Waals surface area contributed by atoms with Gasteiger partial charge in [-0.05, 0) is 12.3 Å². The normalized spacial score (nSPS) is 7.50. The molecule has 0 spiro atoms. The second kappa shape index (κ2) is 11.8. The van der Waals surface area contributed by atoms with Gasteiger partial charge in [-0.3, -0.25) is 4.79 Å². The number of hydrogen-bond acceptors (Lipinski definition) is 2. The van der Waals surface area contributed by atoms with Crippen LogP contribution in [0.25, 0.3) is 0 Å². The van der Waals surface area contributed by atoms with Crippen LogP contribution in [0.5, 0.6) is 0 Å². The van der Waals surface area contributed by atoms with E-state index in [0.29, 0.717) is 10.8 Å². The first kappa shape index (κ1) is 15.2. The van der Waals surface area contributed by atoms with Crippen molar-refractivity contribution in [3.8, 4) is 12.0 Å². The van der Waals surface area contributed by atoms with Gasteiger partial charge >= 0.3 is 35.5 Å². The summed E-state index contributed by atoms with van der Waals surface area (Å²) in [5.41, 5.74) is 0. The van der Waals surface area contributed by atoms with Crippen molar-refractivity contribution in [1.29, 1.82) is 0 Å². The topological polar surface area (TPSA) is 26.3 Å². The van der Waals surface area contributed by atoms with E-state index < -0.39 is 0 Å². The van der Waals surface area contributed by atoms with E-state index in [1.54, 1.807) is 0 Å². The van der Waals surface area contributed by atoms with Crippen molar-refractivity contribution in [1.82, 2.24) is 0 Å². The Labute approximate surface area is 109 Å². The van der Waals surface area contributed by atoms with Gasteiger partial charge in [0.25, 0.3) is 0 Å². The van der Waals surface area contributed by atoms with Crippen LogP contribution in [0.15, 0.2) is 0 Å². The molecule has 12 heavy (non-hydrogen) atoms. The number of unbranched alkanes of at least 4 members (excludes halogenated alkanes) is 1. The van der Waals surface area contributed by atoms with Crippen LogP contribution in [0.3, 0.4) is 0 Å². The van der Waals surface area contributed by atoms with Crippen molar-refractivity contribution in [2.45, 2.75) is 26.2 Å². The van der Waals surface area contributed by atoms with Crippen molar-refractivity contribution < 1.29 is 9.53 Å². The number of halogens is 1. The Morgan fingerprint density at radius 3 is 2.75 bits per heavy atom. The summed E-state index contributed by atoms with van der Waals surface area (Å²) >= 11 is 2.10. The van der Waals surface area contributed by atoms with E-state index in [4.69, 9.17) is 0 Å². The third kappa shape index (κ3) is 10.8. The summed E-state index contributed by atoms with van der Waals surface area (Å²) in [4.78, 5) is 10.7. The van der Waals surface area contributed by atoms with Gasteiger partial charge in [-0.15, -0.1) is 0 Å². The van der Waals surface area contributed by atoms with E-state index in [1.807, 2.05) is 6.92 Å². The van der Waals surface area contributed by atoms with Crippen molar-refractivity contribution in [2.24, 2.45) is 0 Å². The van der Waals surface area contributed by atoms with Crippen LogP contribution in [0.2, 0.25) is 0 Å². The summed E-state index contributed by atoms with van der Waals surface area (Å²) in [6, 6.07) is 0. The van der Waals surface area contributed by atoms with Crippen molar-refractivity contribution in [2.75, 3.05) is 4.43 Å². The molecule has 64 valence electrons. The predicted octanol–water partition coefficient (Wildman–Crippen LogP) is 1.47. The van der Waals surface area contributed by atoms with E-state index in [9.17, 15) is 4.79 Å². The molecule has 0 aliphatic rings. The third-order valence-corrected chi connectivity index (χ3v) is 1.42. The molecule has 0 aromatic carbocycles. The van der Waals surface area contributed by atoms with Gasteiger partial charge in [-0.25, -0.2) is 0 Å². The van der Waals surface area contributed by atoms with Gasteiger partial charge in [0.15, 0.2) is 0 Å². The molecule has 0 saturated carbocycles. The van der Waals surface area contributed by atoms with Gasteiger partial charge in [0.05, 0.1) is 4.43 Å². The summed E-state index contributed by atoms with van der Waals surface area (Å²) < 4.78 is 5.27. The van der Waals surface area contributed by atoms with Crippen molar-refractivity contribution in [3.05, 3.63) is 0 Å². The molecule has 0 bridgehead atoms. The molecule has 0 aliphatic carbocycles. The zero-order chi connectivity index (χ0) is 8.53. The van der Waals surface area contributed by atoms with Crippen molar-refractivity contribution in [3.63, 3.8) is 0 Å². The van der Waals surface area contributed by atoms with Crippen molar-refractivity contribution >= 4 is 58.1 Å². The maximum absolute atomic E-state index is 10.7. The number of esters is 1. The minimum absolute atomic E-state index is 0. The SMILES string of the molecule is CCCCC(=O)OC#CCI.[NaH]. The summed E-state index contributed by atoms with van der Waals surface area (Å²) in [6.45, 7) is 2.03. The molecule has 0 aromatic rings. The molecule has 0 amide bonds. The first-order chi connectivity index (χ1) is 5.31. The molecule has 0 fully saturated rings. The Morgan fingerprint density at radius 1 is 1.58 bits per heavy atom. The maximum atomic E-state index is 10.7. The van der Waals surface area contributed by atoms with E-state index in [0.717, 1.165) is 12.8 Å². The Balaban J connectivity index is 0. The standard InChI is InChI=1S/C8H11IO2.Na.H/c1-2-3-5-8(10)11-7-4-6-9;;/h2-3,5-6H2,1H3;;. The van der Waals surface area contributed by atoms with E-state index in [1.165, 1.54) is 0 Å². The second-order valence-corrected chi connectivity index (χ2v) is 2.75. The Kier molecular flexibility index (Phi) is 14.9. The van der Waals surface area contributed by atoms with Crippen LogP contribution in [0, 0.1) is 12.0 Å². The molecule has 0 rings (SSSR count). The molecule has 0 unspecified atom stereocenters. The molecule has 0 aliphatic heterocycles. The van der Waals surface area contributed by atoms with Gasteiger partial charge in [-0.2, -0.15) is 0 Å². The summed E-state index contributed by atoms with van der Waals surface area (Å²) in [5, 5.41) is 0. The van der Waals surface area contributed by atoms with Gasteiger partial charge < -0.3 is 4.74 Å². The monoisotopic (exact) mass is 290 g/mol. The first-order valence-electron chi connectivity index (χ1n) is 3.54. The molecular weight excluding hydrogens is 278 g/mol. The summed E-state index contributed by atoms with van der Waals surface area (Å²) in [7, 11) is 0. The Morgan fingerprint density at radius 2 is 2.25 bits per heavy atom. The Hall–Kier alpha value is 0.760. The van der Waals surface area contributed by atoms with Crippen LogP contribution in [0.1, 0.15) is 26.2 Å². The van der Waals surface area contributed by atoms with E-state index in [-0.39, 0.29) is 35.5 Å². The van der Waals surface area contributed by atoms with Gasteiger partial charge in [0.2, 0.25) is 0 Å². The number of carbonyl (C=O) groups is 1. The molecule has 4 heteroatoms. The fourth-order valence-corrected chi connectivity index (χ4v) is 0.648.